The maximum atomic E-state index is 6.43. The molecule has 0 bridgehead atoms. The summed E-state index contributed by atoms with van der Waals surface area (Å²) >= 11 is 0. The second-order valence-corrected chi connectivity index (χ2v) is 14.4. The maximum Gasteiger partial charge on any atom is 0.143 e. The fraction of sp³-hybridized carbons (Fsp3) is 0.0189. The highest BCUT2D eigenvalue weighted by molar-refractivity contribution is 6.09. The van der Waals surface area contributed by atoms with Gasteiger partial charge in [0.25, 0.3) is 0 Å². The highest BCUT2D eigenvalue weighted by atomic mass is 16.3. The van der Waals surface area contributed by atoms with E-state index in [1.54, 1.807) is 0 Å². The fourth-order valence-electron chi connectivity index (χ4n) is 9.17. The summed E-state index contributed by atoms with van der Waals surface area (Å²) in [6.45, 7) is 0. The lowest BCUT2D eigenvalue weighted by Gasteiger charge is -2.34. The van der Waals surface area contributed by atoms with Crippen molar-refractivity contribution in [3.63, 3.8) is 0 Å². The Bertz CT molecular complexity index is 2980. The van der Waals surface area contributed by atoms with Gasteiger partial charge in [0, 0.05) is 33.1 Å². The Morgan fingerprint density at radius 3 is 1.64 bits per heavy atom. The molecule has 2 nitrogen and oxygen atoms in total. The normalized spacial score (nSPS) is 12.9. The zero-order valence-electron chi connectivity index (χ0n) is 30.1. The van der Waals surface area contributed by atoms with Crippen molar-refractivity contribution < 1.29 is 4.42 Å². The van der Waals surface area contributed by atoms with Gasteiger partial charge in [0.2, 0.25) is 0 Å². The van der Waals surface area contributed by atoms with Gasteiger partial charge in [0.05, 0.1) is 11.1 Å². The third kappa shape index (κ3) is 4.75. The molecule has 9 aromatic carbocycles. The first kappa shape index (κ1) is 31.4. The van der Waals surface area contributed by atoms with E-state index in [-0.39, 0.29) is 0 Å². The summed E-state index contributed by atoms with van der Waals surface area (Å²) in [4.78, 5) is 2.39. The summed E-state index contributed by atoms with van der Waals surface area (Å²) in [6, 6.07) is 77.0. The van der Waals surface area contributed by atoms with E-state index in [1.165, 1.54) is 44.2 Å². The first-order valence-electron chi connectivity index (χ1n) is 18.9. The van der Waals surface area contributed by atoms with Crippen LogP contribution in [-0.2, 0) is 5.41 Å². The van der Waals surface area contributed by atoms with Gasteiger partial charge in [-0.05, 0) is 80.7 Å². The standard InChI is InChI=1S/C53H35NO/c1-2-16-38(17-3-1)53(48-24-9-6-19-44(48)45-20-7-10-25-49(45)53)39-30-34-41(35-31-39)54(50-26-12-15-36-14-4-5-18-42(36)50)40-32-28-37(29-33-40)43-22-13-23-47-46-21-8-11-27-51(46)55-52(43)47/h1-35H. The van der Waals surface area contributed by atoms with Gasteiger partial charge in [-0.1, -0.05) is 176 Å². The van der Waals surface area contributed by atoms with Gasteiger partial charge in [-0.3, -0.25) is 0 Å². The van der Waals surface area contributed by atoms with Crippen LogP contribution in [0.3, 0.4) is 0 Å². The molecule has 0 N–H and O–H groups in total. The minimum Gasteiger partial charge on any atom is -0.455 e. The third-order valence-corrected chi connectivity index (χ3v) is 11.6. The van der Waals surface area contributed by atoms with Crippen LogP contribution in [0, 0.1) is 0 Å². The molecule has 55 heavy (non-hydrogen) atoms. The quantitative estimate of drug-likeness (QED) is 0.172. The molecule has 0 radical (unpaired) electrons. The van der Waals surface area contributed by atoms with Crippen molar-refractivity contribution in [3.05, 3.63) is 235 Å². The largest absolute Gasteiger partial charge is 0.455 e. The molecule has 0 fully saturated rings. The molecule has 0 spiro atoms. The van der Waals surface area contributed by atoms with Crippen LogP contribution in [0.15, 0.2) is 217 Å². The van der Waals surface area contributed by atoms with Crippen LogP contribution in [0.25, 0.3) is 55.0 Å². The van der Waals surface area contributed by atoms with Crippen molar-refractivity contribution in [3.8, 4) is 22.3 Å². The molecule has 0 atom stereocenters. The molecule has 258 valence electrons. The van der Waals surface area contributed by atoms with Gasteiger partial charge < -0.3 is 9.32 Å². The molecule has 0 aliphatic heterocycles. The Morgan fingerprint density at radius 1 is 0.364 bits per heavy atom. The molecule has 0 amide bonds. The van der Waals surface area contributed by atoms with E-state index in [2.05, 4.69) is 205 Å². The molecule has 1 aromatic heterocycles. The van der Waals surface area contributed by atoms with E-state index in [1.807, 2.05) is 12.1 Å². The molecule has 1 heterocycles. The molecule has 1 aliphatic rings. The Morgan fingerprint density at radius 2 is 0.891 bits per heavy atom. The van der Waals surface area contributed by atoms with Gasteiger partial charge in [-0.25, -0.2) is 0 Å². The predicted octanol–water partition coefficient (Wildman–Crippen LogP) is 14.2. The smallest absolute Gasteiger partial charge is 0.143 e. The Balaban J connectivity index is 1.08. The van der Waals surface area contributed by atoms with Gasteiger partial charge in [-0.15, -0.1) is 0 Å². The van der Waals surface area contributed by atoms with Crippen molar-refractivity contribution in [2.45, 2.75) is 5.41 Å². The number of benzene rings is 9. The van der Waals surface area contributed by atoms with Crippen LogP contribution in [0.5, 0.6) is 0 Å². The molecule has 10 aromatic rings. The average molecular weight is 702 g/mol. The minimum atomic E-state index is -0.448. The number of para-hydroxylation sites is 2. The number of hydrogen-bond donors (Lipinski definition) is 0. The molecule has 0 saturated carbocycles. The lowest BCUT2D eigenvalue weighted by atomic mass is 9.68. The van der Waals surface area contributed by atoms with Gasteiger partial charge in [0.1, 0.15) is 11.2 Å². The highest BCUT2D eigenvalue weighted by Gasteiger charge is 2.45. The average Bonchev–Trinajstić information content (AvgIpc) is 3.79. The van der Waals surface area contributed by atoms with E-state index in [9.17, 15) is 0 Å². The molecule has 11 rings (SSSR count). The fourth-order valence-corrected chi connectivity index (χ4v) is 9.17. The predicted molar refractivity (Wildman–Crippen MR) is 229 cm³/mol. The van der Waals surface area contributed by atoms with Crippen molar-refractivity contribution >= 4 is 49.8 Å². The van der Waals surface area contributed by atoms with Crippen LogP contribution >= 0.6 is 0 Å². The number of fused-ring (bicyclic) bond motifs is 7. The SMILES string of the molecule is c1ccc(C2(c3ccc(N(c4ccc(-c5cccc6c5oc5ccccc56)cc4)c4cccc5ccccc45)cc3)c3ccccc3-c3ccccc32)cc1. The van der Waals surface area contributed by atoms with Crippen LogP contribution in [-0.4, -0.2) is 0 Å². The summed E-state index contributed by atoms with van der Waals surface area (Å²) in [5.74, 6) is 0. The van der Waals surface area contributed by atoms with Crippen molar-refractivity contribution in [2.75, 3.05) is 4.90 Å². The van der Waals surface area contributed by atoms with E-state index < -0.39 is 5.41 Å². The zero-order chi connectivity index (χ0) is 36.3. The van der Waals surface area contributed by atoms with E-state index >= 15 is 0 Å². The van der Waals surface area contributed by atoms with Crippen molar-refractivity contribution in [1.29, 1.82) is 0 Å². The minimum absolute atomic E-state index is 0.448. The number of furan rings is 1. The first-order chi connectivity index (χ1) is 27.3. The van der Waals surface area contributed by atoms with Gasteiger partial charge in [0.15, 0.2) is 0 Å². The first-order valence-corrected chi connectivity index (χ1v) is 18.9. The summed E-state index contributed by atoms with van der Waals surface area (Å²) in [5, 5.41) is 4.68. The lowest BCUT2D eigenvalue weighted by molar-refractivity contribution is 0.670. The van der Waals surface area contributed by atoms with Crippen LogP contribution in [0.4, 0.5) is 17.1 Å². The van der Waals surface area contributed by atoms with E-state index in [0.29, 0.717) is 0 Å². The summed E-state index contributed by atoms with van der Waals surface area (Å²) in [6.07, 6.45) is 0. The van der Waals surface area contributed by atoms with Gasteiger partial charge in [-0.2, -0.15) is 0 Å². The lowest BCUT2D eigenvalue weighted by Crippen LogP contribution is -2.28. The topological polar surface area (TPSA) is 16.4 Å². The molecule has 2 heteroatoms. The zero-order valence-corrected chi connectivity index (χ0v) is 30.1. The second kappa shape index (κ2) is 12.5. The van der Waals surface area contributed by atoms with Crippen LogP contribution in [0.1, 0.15) is 22.3 Å². The Kier molecular flexibility index (Phi) is 7.11. The summed E-state index contributed by atoms with van der Waals surface area (Å²) in [7, 11) is 0. The number of rotatable bonds is 6. The van der Waals surface area contributed by atoms with E-state index in [0.717, 1.165) is 50.1 Å². The third-order valence-electron chi connectivity index (χ3n) is 11.6. The van der Waals surface area contributed by atoms with E-state index in [4.69, 9.17) is 4.42 Å². The number of nitrogens with zero attached hydrogens (tertiary/aromatic N) is 1. The summed E-state index contributed by atoms with van der Waals surface area (Å²) < 4.78 is 6.43. The summed E-state index contributed by atoms with van der Waals surface area (Å²) in [5.41, 5.74) is 14.6. The van der Waals surface area contributed by atoms with Crippen LogP contribution in [0.2, 0.25) is 0 Å². The molecule has 0 unspecified atom stereocenters. The monoisotopic (exact) mass is 701 g/mol. The molecule has 0 saturated heterocycles. The highest BCUT2D eigenvalue weighted by Crippen LogP contribution is 2.56. The Hall–Kier alpha value is -7.16. The Labute approximate surface area is 320 Å². The molecular weight excluding hydrogens is 667 g/mol. The van der Waals surface area contributed by atoms with Crippen molar-refractivity contribution in [2.24, 2.45) is 0 Å². The molecular formula is C53H35NO. The molecule has 1 aliphatic carbocycles. The maximum absolute atomic E-state index is 6.43. The number of anilines is 3. The number of hydrogen-bond acceptors (Lipinski definition) is 2. The van der Waals surface area contributed by atoms with Crippen LogP contribution < -0.4 is 4.90 Å². The van der Waals surface area contributed by atoms with Gasteiger partial charge >= 0.3 is 0 Å². The second-order valence-electron chi connectivity index (χ2n) is 14.4. The van der Waals surface area contributed by atoms with Crippen molar-refractivity contribution in [1.82, 2.24) is 0 Å².